The van der Waals surface area contributed by atoms with Crippen LogP contribution in [-0.2, 0) is 6.54 Å². The van der Waals surface area contributed by atoms with Crippen molar-refractivity contribution >= 4 is 5.69 Å². The Hall–Kier alpha value is -1.84. The Kier molecular flexibility index (Phi) is 2.41. The molecular weight excluding hydrogens is 193 g/mol. The molecule has 0 atom stereocenters. The Morgan fingerprint density at radius 1 is 1.47 bits per heavy atom. The van der Waals surface area contributed by atoms with Crippen LogP contribution in [-0.4, -0.2) is 9.78 Å². The molecule has 0 aliphatic heterocycles. The molecule has 0 unspecified atom stereocenters. The van der Waals surface area contributed by atoms with Gasteiger partial charge in [-0.05, 0) is 19.1 Å². The summed E-state index contributed by atoms with van der Waals surface area (Å²) in [5, 5.41) is 4.26. The summed E-state index contributed by atoms with van der Waals surface area (Å²) in [6, 6.07) is 6.27. The molecule has 3 nitrogen and oxygen atoms in total. The van der Waals surface area contributed by atoms with E-state index in [-0.39, 0.29) is 5.82 Å². The zero-order chi connectivity index (χ0) is 10.8. The molecule has 78 valence electrons. The van der Waals surface area contributed by atoms with Gasteiger partial charge >= 0.3 is 0 Å². The summed E-state index contributed by atoms with van der Waals surface area (Å²) in [5.74, 6) is -0.280. The lowest BCUT2D eigenvalue weighted by Crippen LogP contribution is -1.93. The third-order valence-corrected chi connectivity index (χ3v) is 2.21. The second kappa shape index (κ2) is 3.73. The van der Waals surface area contributed by atoms with Crippen molar-refractivity contribution in [3.05, 3.63) is 36.3 Å². The van der Waals surface area contributed by atoms with Gasteiger partial charge in [-0.15, -0.1) is 0 Å². The molecule has 2 N–H and O–H groups in total. The van der Waals surface area contributed by atoms with Crippen LogP contribution in [0.15, 0.2) is 30.5 Å². The fourth-order valence-electron chi connectivity index (χ4n) is 1.46. The molecule has 0 fully saturated rings. The molecule has 0 aliphatic rings. The monoisotopic (exact) mass is 205 g/mol. The van der Waals surface area contributed by atoms with E-state index in [0.717, 1.165) is 6.54 Å². The first-order valence-electron chi connectivity index (χ1n) is 4.79. The molecule has 1 aromatic carbocycles. The smallest absolute Gasteiger partial charge is 0.123 e. The number of rotatable bonds is 2. The highest BCUT2D eigenvalue weighted by Crippen LogP contribution is 2.24. The van der Waals surface area contributed by atoms with E-state index in [1.807, 2.05) is 6.92 Å². The molecule has 0 saturated heterocycles. The normalized spacial score (nSPS) is 10.5. The van der Waals surface area contributed by atoms with Gasteiger partial charge in [-0.1, -0.05) is 12.1 Å². The van der Waals surface area contributed by atoms with Gasteiger partial charge in [0.2, 0.25) is 0 Å². The van der Waals surface area contributed by atoms with Gasteiger partial charge in [0.1, 0.15) is 11.5 Å². The summed E-state index contributed by atoms with van der Waals surface area (Å²) in [6.45, 7) is 2.72. The van der Waals surface area contributed by atoms with Crippen molar-refractivity contribution in [3.8, 4) is 11.3 Å². The summed E-state index contributed by atoms with van der Waals surface area (Å²) < 4.78 is 14.7. The molecule has 15 heavy (non-hydrogen) atoms. The van der Waals surface area contributed by atoms with Gasteiger partial charge in [0.25, 0.3) is 0 Å². The van der Waals surface area contributed by atoms with Crippen LogP contribution >= 0.6 is 0 Å². The summed E-state index contributed by atoms with van der Waals surface area (Å²) in [4.78, 5) is 0. The molecule has 2 rings (SSSR count). The van der Waals surface area contributed by atoms with Crippen molar-refractivity contribution < 1.29 is 4.39 Å². The first kappa shape index (κ1) is 9.71. The fourth-order valence-corrected chi connectivity index (χ4v) is 1.46. The Labute approximate surface area is 87.3 Å². The van der Waals surface area contributed by atoms with Crippen LogP contribution in [0.25, 0.3) is 11.3 Å². The number of hydrogen-bond acceptors (Lipinski definition) is 2. The zero-order valence-electron chi connectivity index (χ0n) is 8.44. The fraction of sp³-hybridized carbons (Fsp3) is 0.182. The molecule has 1 aromatic heterocycles. The molecule has 4 heteroatoms. The second-order valence-electron chi connectivity index (χ2n) is 3.30. The van der Waals surface area contributed by atoms with E-state index in [9.17, 15) is 4.39 Å². The molecule has 0 radical (unpaired) electrons. The van der Waals surface area contributed by atoms with Crippen LogP contribution in [0.4, 0.5) is 10.1 Å². The SMILES string of the molecule is CCn1cc(N)c(-c2cccc(F)c2)n1. The predicted octanol–water partition coefficient (Wildman–Crippen LogP) is 2.29. The lowest BCUT2D eigenvalue weighted by atomic mass is 10.1. The van der Waals surface area contributed by atoms with E-state index < -0.39 is 0 Å². The highest BCUT2D eigenvalue weighted by Gasteiger charge is 2.08. The third kappa shape index (κ3) is 1.83. The number of anilines is 1. The molecule has 0 aliphatic carbocycles. The van der Waals surface area contributed by atoms with E-state index in [1.165, 1.54) is 12.1 Å². The second-order valence-corrected chi connectivity index (χ2v) is 3.30. The maximum absolute atomic E-state index is 13.0. The van der Waals surface area contributed by atoms with Crippen molar-refractivity contribution in [1.82, 2.24) is 9.78 Å². The number of aromatic nitrogens is 2. The predicted molar refractivity (Wildman–Crippen MR) is 57.7 cm³/mol. The van der Waals surface area contributed by atoms with Crippen LogP contribution in [0.1, 0.15) is 6.92 Å². The minimum Gasteiger partial charge on any atom is -0.396 e. The highest BCUT2D eigenvalue weighted by molar-refractivity contribution is 5.71. The Bertz CT molecular complexity index is 476. The van der Waals surface area contributed by atoms with Crippen LogP contribution < -0.4 is 5.73 Å². The Morgan fingerprint density at radius 2 is 2.27 bits per heavy atom. The molecule has 2 aromatic rings. The molecule has 0 saturated carbocycles. The average Bonchev–Trinajstić information content (AvgIpc) is 2.60. The van der Waals surface area contributed by atoms with Gasteiger partial charge in [0.05, 0.1) is 5.69 Å². The summed E-state index contributed by atoms with van der Waals surface area (Å²) in [6.07, 6.45) is 1.75. The van der Waals surface area contributed by atoms with Gasteiger partial charge < -0.3 is 5.73 Å². The third-order valence-electron chi connectivity index (χ3n) is 2.21. The van der Waals surface area contributed by atoms with Crippen LogP contribution in [0.3, 0.4) is 0 Å². The number of nitrogens with two attached hydrogens (primary N) is 1. The van der Waals surface area contributed by atoms with Crippen molar-refractivity contribution in [2.75, 3.05) is 5.73 Å². The van der Waals surface area contributed by atoms with Crippen LogP contribution in [0.2, 0.25) is 0 Å². The highest BCUT2D eigenvalue weighted by atomic mass is 19.1. The van der Waals surface area contributed by atoms with Crippen molar-refractivity contribution in [3.63, 3.8) is 0 Å². The number of halogens is 1. The first-order valence-corrected chi connectivity index (χ1v) is 4.79. The summed E-state index contributed by atoms with van der Waals surface area (Å²) >= 11 is 0. The average molecular weight is 205 g/mol. The lowest BCUT2D eigenvalue weighted by molar-refractivity contribution is 0.628. The summed E-state index contributed by atoms with van der Waals surface area (Å²) in [5.41, 5.74) is 7.71. The Balaban J connectivity index is 2.48. The van der Waals surface area contributed by atoms with Gasteiger partial charge in [0.15, 0.2) is 0 Å². The van der Waals surface area contributed by atoms with E-state index >= 15 is 0 Å². The minimum absolute atomic E-state index is 0.280. The number of nitrogens with zero attached hydrogens (tertiary/aromatic N) is 2. The first-order chi connectivity index (χ1) is 7.20. The number of aryl methyl sites for hydroxylation is 1. The van der Waals surface area contributed by atoms with E-state index in [0.29, 0.717) is 16.9 Å². The Morgan fingerprint density at radius 3 is 2.87 bits per heavy atom. The quantitative estimate of drug-likeness (QED) is 0.817. The number of hydrogen-bond donors (Lipinski definition) is 1. The zero-order valence-corrected chi connectivity index (χ0v) is 8.44. The maximum atomic E-state index is 13.0. The standard InChI is InChI=1S/C11H12FN3/c1-2-15-7-10(13)11(14-15)8-4-3-5-9(12)6-8/h3-7H,2,13H2,1H3. The molecule has 1 heterocycles. The molecule has 0 spiro atoms. The number of benzene rings is 1. The van der Waals surface area contributed by atoms with E-state index in [1.54, 1.807) is 23.0 Å². The van der Waals surface area contributed by atoms with Gasteiger partial charge in [0, 0.05) is 18.3 Å². The molecule has 0 amide bonds. The van der Waals surface area contributed by atoms with Crippen LogP contribution in [0, 0.1) is 5.82 Å². The van der Waals surface area contributed by atoms with Gasteiger partial charge in [-0.2, -0.15) is 5.10 Å². The largest absolute Gasteiger partial charge is 0.396 e. The molecule has 0 bridgehead atoms. The van der Waals surface area contributed by atoms with E-state index in [2.05, 4.69) is 5.10 Å². The maximum Gasteiger partial charge on any atom is 0.123 e. The number of nitrogen functional groups attached to an aromatic ring is 1. The van der Waals surface area contributed by atoms with Crippen molar-refractivity contribution in [2.45, 2.75) is 13.5 Å². The lowest BCUT2D eigenvalue weighted by Gasteiger charge is -1.98. The van der Waals surface area contributed by atoms with E-state index in [4.69, 9.17) is 5.73 Å². The summed E-state index contributed by atoms with van der Waals surface area (Å²) in [7, 11) is 0. The van der Waals surface area contributed by atoms with Crippen molar-refractivity contribution in [2.24, 2.45) is 0 Å². The topological polar surface area (TPSA) is 43.8 Å². The van der Waals surface area contributed by atoms with Gasteiger partial charge in [-0.25, -0.2) is 4.39 Å². The van der Waals surface area contributed by atoms with Crippen LogP contribution in [0.5, 0.6) is 0 Å². The minimum atomic E-state index is -0.280. The van der Waals surface area contributed by atoms with Crippen molar-refractivity contribution in [1.29, 1.82) is 0 Å². The van der Waals surface area contributed by atoms with Gasteiger partial charge in [-0.3, -0.25) is 4.68 Å². The molecular formula is C11H12FN3.